The van der Waals surface area contributed by atoms with E-state index in [9.17, 15) is 14.4 Å². The van der Waals surface area contributed by atoms with Gasteiger partial charge in [0.2, 0.25) is 11.8 Å². The highest BCUT2D eigenvalue weighted by Crippen LogP contribution is 2.39. The van der Waals surface area contributed by atoms with Gasteiger partial charge >= 0.3 is 0 Å². The SMILES string of the molecule is NCCCCC1(Nc2cccc3c2CN(C2CCC(=O)NC2=O)C3=O)CCC(N)CC1. The van der Waals surface area contributed by atoms with Crippen LogP contribution < -0.4 is 22.1 Å². The Balaban J connectivity index is 1.56. The molecular weight excluding hydrogens is 394 g/mol. The average Bonchev–Trinajstić information content (AvgIpc) is 3.08. The summed E-state index contributed by atoms with van der Waals surface area (Å²) < 4.78 is 0. The van der Waals surface area contributed by atoms with Crippen LogP contribution in [0, 0.1) is 0 Å². The first-order chi connectivity index (χ1) is 14.9. The predicted molar refractivity (Wildman–Crippen MR) is 118 cm³/mol. The van der Waals surface area contributed by atoms with Crippen molar-refractivity contribution in [1.29, 1.82) is 0 Å². The second kappa shape index (κ2) is 8.96. The quantitative estimate of drug-likeness (QED) is 0.386. The van der Waals surface area contributed by atoms with E-state index in [1.165, 1.54) is 0 Å². The van der Waals surface area contributed by atoms with E-state index in [1.54, 1.807) is 4.90 Å². The van der Waals surface area contributed by atoms with E-state index in [0.717, 1.165) is 56.2 Å². The standard InChI is InChI=1S/C23H33N5O3/c24-13-2-1-10-23(11-8-15(25)9-12-23)27-18-5-3-4-16-17(18)14-28(22(16)31)19-6-7-20(29)26-21(19)30/h3-5,15,19,27H,1-2,6-14,24-25H2,(H,26,29,30). The van der Waals surface area contributed by atoms with Crippen LogP contribution in [0.5, 0.6) is 0 Å². The van der Waals surface area contributed by atoms with Gasteiger partial charge in [0.1, 0.15) is 6.04 Å². The van der Waals surface area contributed by atoms with Crippen LogP contribution in [0.25, 0.3) is 0 Å². The van der Waals surface area contributed by atoms with Crippen LogP contribution in [-0.4, -0.2) is 46.8 Å². The molecule has 0 spiro atoms. The highest BCUT2D eigenvalue weighted by molar-refractivity contribution is 6.06. The first-order valence-electron chi connectivity index (χ1n) is 11.4. The number of fused-ring (bicyclic) bond motifs is 1. The fraction of sp³-hybridized carbons (Fsp3) is 0.609. The molecule has 3 aliphatic rings. The summed E-state index contributed by atoms with van der Waals surface area (Å²) in [6.45, 7) is 1.06. The second-order valence-corrected chi connectivity index (χ2v) is 9.22. The number of amides is 3. The molecule has 6 N–H and O–H groups in total. The van der Waals surface area contributed by atoms with Crippen molar-refractivity contribution in [3.05, 3.63) is 29.3 Å². The Bertz CT molecular complexity index is 863. The van der Waals surface area contributed by atoms with Crippen molar-refractivity contribution in [3.63, 3.8) is 0 Å². The summed E-state index contributed by atoms with van der Waals surface area (Å²) in [4.78, 5) is 38.6. The molecule has 0 aromatic heterocycles. The number of carbonyl (C=O) groups excluding carboxylic acids is 3. The number of benzene rings is 1. The summed E-state index contributed by atoms with van der Waals surface area (Å²) in [7, 11) is 0. The molecule has 3 amide bonds. The van der Waals surface area contributed by atoms with Crippen molar-refractivity contribution in [1.82, 2.24) is 10.2 Å². The molecule has 2 aliphatic heterocycles. The van der Waals surface area contributed by atoms with Crippen LogP contribution in [0.2, 0.25) is 0 Å². The molecule has 0 bridgehead atoms. The lowest BCUT2D eigenvalue weighted by atomic mass is 9.76. The van der Waals surface area contributed by atoms with Gasteiger partial charge < -0.3 is 21.7 Å². The Morgan fingerprint density at radius 3 is 2.61 bits per heavy atom. The van der Waals surface area contributed by atoms with Gasteiger partial charge in [-0.05, 0) is 70.0 Å². The summed E-state index contributed by atoms with van der Waals surface area (Å²) in [5.41, 5.74) is 14.4. The number of rotatable bonds is 7. The molecule has 1 saturated carbocycles. The molecular formula is C23H33N5O3. The van der Waals surface area contributed by atoms with Crippen molar-refractivity contribution < 1.29 is 14.4 Å². The summed E-state index contributed by atoms with van der Waals surface area (Å²) >= 11 is 0. The van der Waals surface area contributed by atoms with Crippen LogP contribution in [0.3, 0.4) is 0 Å². The molecule has 2 fully saturated rings. The van der Waals surface area contributed by atoms with Gasteiger partial charge in [0.05, 0.1) is 0 Å². The van der Waals surface area contributed by atoms with Gasteiger partial charge in [0, 0.05) is 41.4 Å². The minimum absolute atomic E-state index is 0.0503. The average molecular weight is 428 g/mol. The normalized spacial score (nSPS) is 28.5. The maximum atomic E-state index is 13.1. The third kappa shape index (κ3) is 4.45. The maximum absolute atomic E-state index is 13.1. The third-order valence-electron chi connectivity index (χ3n) is 7.08. The zero-order valence-electron chi connectivity index (χ0n) is 18.0. The molecule has 8 heteroatoms. The number of anilines is 1. The number of carbonyl (C=O) groups is 3. The zero-order chi connectivity index (χ0) is 22.0. The number of nitrogens with one attached hydrogen (secondary N) is 2. The zero-order valence-corrected chi connectivity index (χ0v) is 18.0. The first kappa shape index (κ1) is 21.8. The monoisotopic (exact) mass is 427 g/mol. The van der Waals surface area contributed by atoms with Gasteiger partial charge in [-0.2, -0.15) is 0 Å². The van der Waals surface area contributed by atoms with Crippen molar-refractivity contribution in [2.45, 2.75) is 82.0 Å². The van der Waals surface area contributed by atoms with E-state index in [1.807, 2.05) is 18.2 Å². The molecule has 2 heterocycles. The van der Waals surface area contributed by atoms with Gasteiger partial charge in [-0.1, -0.05) is 6.07 Å². The number of nitrogens with two attached hydrogens (primary N) is 2. The van der Waals surface area contributed by atoms with Crippen LogP contribution >= 0.6 is 0 Å². The number of hydrogen-bond acceptors (Lipinski definition) is 6. The molecule has 1 aliphatic carbocycles. The summed E-state index contributed by atoms with van der Waals surface area (Å²) in [5.74, 6) is -0.801. The molecule has 1 atom stereocenters. The molecule has 1 unspecified atom stereocenters. The summed E-state index contributed by atoms with van der Waals surface area (Å²) in [5, 5.41) is 6.17. The molecule has 8 nitrogen and oxygen atoms in total. The molecule has 4 rings (SSSR count). The summed E-state index contributed by atoms with van der Waals surface area (Å²) in [6, 6.07) is 5.40. The van der Waals surface area contributed by atoms with Gasteiger partial charge in [-0.25, -0.2) is 0 Å². The number of imide groups is 1. The highest BCUT2D eigenvalue weighted by atomic mass is 16.2. The summed E-state index contributed by atoms with van der Waals surface area (Å²) in [6.07, 6.45) is 7.63. The van der Waals surface area contributed by atoms with E-state index in [0.29, 0.717) is 25.1 Å². The van der Waals surface area contributed by atoms with Gasteiger partial charge in [0.15, 0.2) is 0 Å². The second-order valence-electron chi connectivity index (χ2n) is 9.22. The number of nitrogens with zero attached hydrogens (tertiary/aromatic N) is 1. The van der Waals surface area contributed by atoms with Gasteiger partial charge in [-0.3, -0.25) is 19.7 Å². The van der Waals surface area contributed by atoms with E-state index in [4.69, 9.17) is 11.5 Å². The maximum Gasteiger partial charge on any atom is 0.255 e. The molecule has 1 saturated heterocycles. The lowest BCUT2D eigenvalue weighted by Crippen LogP contribution is -2.52. The highest BCUT2D eigenvalue weighted by Gasteiger charge is 2.41. The van der Waals surface area contributed by atoms with Gasteiger partial charge in [0.25, 0.3) is 5.91 Å². The largest absolute Gasteiger partial charge is 0.379 e. The Morgan fingerprint density at radius 2 is 1.90 bits per heavy atom. The van der Waals surface area contributed by atoms with Gasteiger partial charge in [-0.15, -0.1) is 0 Å². The smallest absolute Gasteiger partial charge is 0.255 e. The van der Waals surface area contributed by atoms with Crippen molar-refractivity contribution >= 4 is 23.4 Å². The molecule has 1 aromatic rings. The predicted octanol–water partition coefficient (Wildman–Crippen LogP) is 1.63. The fourth-order valence-electron chi connectivity index (χ4n) is 5.23. The fourth-order valence-corrected chi connectivity index (χ4v) is 5.23. The molecule has 0 radical (unpaired) electrons. The van der Waals surface area contributed by atoms with Crippen molar-refractivity contribution in [2.24, 2.45) is 11.5 Å². The number of hydrogen-bond donors (Lipinski definition) is 4. The first-order valence-corrected chi connectivity index (χ1v) is 11.4. The Kier molecular flexibility index (Phi) is 6.29. The molecule has 31 heavy (non-hydrogen) atoms. The Morgan fingerprint density at radius 1 is 1.13 bits per heavy atom. The molecule has 1 aromatic carbocycles. The number of unbranched alkanes of at least 4 members (excludes halogenated alkanes) is 1. The van der Waals surface area contributed by atoms with Crippen LogP contribution in [0.4, 0.5) is 5.69 Å². The molecule has 168 valence electrons. The lowest BCUT2D eigenvalue weighted by Gasteiger charge is -2.41. The van der Waals surface area contributed by atoms with Crippen molar-refractivity contribution in [2.75, 3.05) is 11.9 Å². The minimum Gasteiger partial charge on any atom is -0.379 e. The third-order valence-corrected chi connectivity index (χ3v) is 7.08. The van der Waals surface area contributed by atoms with Crippen molar-refractivity contribution in [3.8, 4) is 0 Å². The van der Waals surface area contributed by atoms with E-state index in [2.05, 4.69) is 10.6 Å². The van der Waals surface area contributed by atoms with E-state index >= 15 is 0 Å². The Labute approximate surface area is 183 Å². The van der Waals surface area contributed by atoms with Crippen LogP contribution in [0.1, 0.15) is 73.7 Å². The topological polar surface area (TPSA) is 131 Å². The number of piperidine rings is 1. The lowest BCUT2D eigenvalue weighted by molar-refractivity contribution is -0.136. The van der Waals surface area contributed by atoms with Crippen LogP contribution in [0.15, 0.2) is 18.2 Å². The Hall–Kier alpha value is -2.45. The minimum atomic E-state index is -0.600. The van der Waals surface area contributed by atoms with Crippen LogP contribution in [-0.2, 0) is 16.1 Å². The van der Waals surface area contributed by atoms with E-state index in [-0.39, 0.29) is 35.7 Å². The van der Waals surface area contributed by atoms with E-state index < -0.39 is 6.04 Å².